The highest BCUT2D eigenvalue weighted by molar-refractivity contribution is 7.89. The van der Waals surface area contributed by atoms with Gasteiger partial charge in [-0.1, -0.05) is 0 Å². The second-order valence-electron chi connectivity index (χ2n) is 7.68. The van der Waals surface area contributed by atoms with Crippen LogP contribution in [0.5, 0.6) is 0 Å². The average Bonchev–Trinajstić information content (AvgIpc) is 3.11. The Morgan fingerprint density at radius 3 is 2.45 bits per heavy atom. The molecule has 3 heterocycles. The number of fused-ring (bicyclic) bond motifs is 1. The van der Waals surface area contributed by atoms with E-state index in [2.05, 4.69) is 25.3 Å². The number of aromatic amines is 1. The monoisotopic (exact) mass is 481 g/mol. The number of hydrogen-bond acceptors (Lipinski definition) is 7. The molecule has 0 bridgehead atoms. The molecular weight excluding hydrogens is 459 g/mol. The number of hydrogen-bond donors (Lipinski definition) is 2. The number of nitrogens with zero attached hydrogens (tertiary/aromatic N) is 5. The molecule has 1 aromatic carbocycles. The number of nitrogens with one attached hydrogen (secondary N) is 2. The molecule has 0 saturated carbocycles. The van der Waals surface area contributed by atoms with Crippen LogP contribution in [0.15, 0.2) is 41.7 Å². The van der Waals surface area contributed by atoms with E-state index in [0.29, 0.717) is 31.6 Å². The summed E-state index contributed by atoms with van der Waals surface area (Å²) in [5.74, 6) is -0.237. The largest absolute Gasteiger partial charge is 0.421 e. The smallest absolute Gasteiger partial charge is 0.355 e. The molecule has 176 valence electrons. The molecular formula is C20H22F3N7O2S. The van der Waals surface area contributed by atoms with E-state index in [-0.39, 0.29) is 16.7 Å². The Hall–Kier alpha value is -3.19. The Balaban J connectivity index is 1.61. The number of H-pyrrole nitrogens is 1. The molecule has 0 unspecified atom stereocenters. The third kappa shape index (κ3) is 4.78. The van der Waals surface area contributed by atoms with Crippen molar-refractivity contribution in [2.24, 2.45) is 0 Å². The van der Waals surface area contributed by atoms with E-state index < -0.39 is 21.8 Å². The van der Waals surface area contributed by atoms with Gasteiger partial charge in [-0.25, -0.2) is 22.7 Å². The lowest BCUT2D eigenvalue weighted by Gasteiger charge is -2.25. The van der Waals surface area contributed by atoms with Crippen LogP contribution in [-0.2, 0) is 29.0 Å². The van der Waals surface area contributed by atoms with Crippen LogP contribution in [0.3, 0.4) is 0 Å². The first-order chi connectivity index (χ1) is 15.6. The van der Waals surface area contributed by atoms with Gasteiger partial charge in [0.05, 0.1) is 16.9 Å². The number of sulfonamides is 1. The van der Waals surface area contributed by atoms with Gasteiger partial charge in [0.25, 0.3) is 0 Å². The van der Waals surface area contributed by atoms with Crippen LogP contribution in [0, 0.1) is 0 Å². The summed E-state index contributed by atoms with van der Waals surface area (Å²) in [7, 11) is -0.746. The molecule has 2 N–H and O–H groups in total. The van der Waals surface area contributed by atoms with Crippen molar-refractivity contribution < 1.29 is 21.6 Å². The summed E-state index contributed by atoms with van der Waals surface area (Å²) in [6.45, 7) is 0.667. The lowest BCUT2D eigenvalue weighted by atomic mass is 10.2. The lowest BCUT2D eigenvalue weighted by molar-refractivity contribution is -0.137. The highest BCUT2D eigenvalue weighted by atomic mass is 32.2. The zero-order valence-corrected chi connectivity index (χ0v) is 18.7. The van der Waals surface area contributed by atoms with Crippen molar-refractivity contribution in [3.8, 4) is 0 Å². The number of anilines is 3. The van der Waals surface area contributed by atoms with E-state index in [1.807, 2.05) is 0 Å². The number of aromatic nitrogens is 4. The topological polar surface area (TPSA) is 107 Å². The Labute approximate surface area is 188 Å². The number of alkyl halides is 3. The lowest BCUT2D eigenvalue weighted by Crippen LogP contribution is -2.30. The molecule has 0 radical (unpaired) electrons. The maximum atomic E-state index is 13.7. The van der Waals surface area contributed by atoms with E-state index >= 15 is 0 Å². The maximum Gasteiger partial charge on any atom is 0.421 e. The second-order valence-corrected chi connectivity index (χ2v) is 9.83. The molecule has 2 aromatic heterocycles. The van der Waals surface area contributed by atoms with Crippen molar-refractivity contribution in [3.63, 3.8) is 0 Å². The fourth-order valence-electron chi connectivity index (χ4n) is 3.52. The van der Waals surface area contributed by atoms with Crippen molar-refractivity contribution in [2.75, 3.05) is 37.4 Å². The van der Waals surface area contributed by atoms with E-state index in [1.165, 1.54) is 38.4 Å². The fraction of sp³-hybridized carbons (Fsp3) is 0.350. The van der Waals surface area contributed by atoms with Gasteiger partial charge in [-0.2, -0.15) is 18.2 Å². The first-order valence-electron chi connectivity index (χ1n) is 10.1. The van der Waals surface area contributed by atoms with Crippen molar-refractivity contribution >= 4 is 27.5 Å². The van der Waals surface area contributed by atoms with E-state index in [1.54, 1.807) is 11.2 Å². The van der Waals surface area contributed by atoms with E-state index in [0.717, 1.165) is 21.9 Å². The second kappa shape index (κ2) is 8.63. The van der Waals surface area contributed by atoms with Crippen molar-refractivity contribution in [1.82, 2.24) is 24.2 Å². The quantitative estimate of drug-likeness (QED) is 0.577. The van der Waals surface area contributed by atoms with Gasteiger partial charge in [0.15, 0.2) is 0 Å². The summed E-state index contributed by atoms with van der Waals surface area (Å²) < 4.78 is 66.5. The molecule has 0 saturated heterocycles. The van der Waals surface area contributed by atoms with Crippen molar-refractivity contribution in [1.29, 1.82) is 0 Å². The highest BCUT2D eigenvalue weighted by Crippen LogP contribution is 2.36. The average molecular weight is 482 g/mol. The Morgan fingerprint density at radius 1 is 1.09 bits per heavy atom. The Bertz CT molecular complexity index is 1220. The van der Waals surface area contributed by atoms with Gasteiger partial charge in [-0.05, 0) is 24.3 Å². The van der Waals surface area contributed by atoms with Crippen molar-refractivity contribution in [3.05, 3.63) is 53.7 Å². The zero-order valence-electron chi connectivity index (χ0n) is 17.9. The third-order valence-electron chi connectivity index (χ3n) is 5.32. The summed E-state index contributed by atoms with van der Waals surface area (Å²) in [5.41, 5.74) is 1.27. The maximum absolute atomic E-state index is 13.7. The van der Waals surface area contributed by atoms with Gasteiger partial charge >= 0.3 is 6.18 Å². The number of imidazole rings is 1. The Morgan fingerprint density at radius 2 is 1.79 bits per heavy atom. The van der Waals surface area contributed by atoms with Crippen LogP contribution < -0.4 is 10.2 Å². The minimum Gasteiger partial charge on any atom is -0.355 e. The molecule has 0 aliphatic carbocycles. The minimum atomic E-state index is -4.62. The molecule has 1 aliphatic heterocycles. The number of benzene rings is 1. The van der Waals surface area contributed by atoms with Gasteiger partial charge in [0.1, 0.15) is 11.4 Å². The zero-order chi connectivity index (χ0) is 23.8. The van der Waals surface area contributed by atoms with Crippen LogP contribution >= 0.6 is 0 Å². The molecule has 33 heavy (non-hydrogen) atoms. The molecule has 0 spiro atoms. The molecule has 3 aromatic rings. The summed E-state index contributed by atoms with van der Waals surface area (Å²) in [6, 6.07) is 5.80. The van der Waals surface area contributed by atoms with E-state index in [4.69, 9.17) is 0 Å². The molecule has 13 heteroatoms. The molecule has 1 aliphatic rings. The standard InChI is InChI=1S/C20H22F3N7O2S/c1-29(2)33(31,32)14-5-3-13(4-6-14)27-19-24-11-15(20(21,22)23)18(28-19)30-9-7-16-17(8-10-30)26-12-25-16/h3-6,11-12H,7-10H2,1-2H3,(H,25,26)(H,24,27,28). The summed E-state index contributed by atoms with van der Waals surface area (Å²) in [4.78, 5) is 16.9. The number of rotatable bonds is 5. The first kappa shape index (κ1) is 23.0. The van der Waals surface area contributed by atoms with E-state index in [9.17, 15) is 21.6 Å². The summed E-state index contributed by atoms with van der Waals surface area (Å²) in [6.07, 6.45) is -1.26. The number of halogens is 3. The Kier molecular flexibility index (Phi) is 6.01. The van der Waals surface area contributed by atoms with Crippen LogP contribution in [0.2, 0.25) is 0 Å². The first-order valence-corrected chi connectivity index (χ1v) is 11.5. The van der Waals surface area contributed by atoms with Gasteiger partial charge in [-0.15, -0.1) is 0 Å². The minimum absolute atomic E-state index is 0.0258. The molecule has 0 atom stereocenters. The van der Waals surface area contributed by atoms with Crippen LogP contribution in [0.4, 0.5) is 30.6 Å². The van der Waals surface area contributed by atoms with Crippen LogP contribution in [0.25, 0.3) is 0 Å². The molecule has 0 fully saturated rings. The molecule has 0 amide bonds. The van der Waals surface area contributed by atoms with Gasteiger partial charge in [0, 0.05) is 57.6 Å². The predicted octanol–water partition coefficient (Wildman–Crippen LogP) is 2.82. The normalized spacial score (nSPS) is 14.8. The van der Waals surface area contributed by atoms with Gasteiger partial charge < -0.3 is 15.2 Å². The predicted molar refractivity (Wildman–Crippen MR) is 116 cm³/mol. The van der Waals surface area contributed by atoms with Crippen LogP contribution in [-0.4, -0.2) is 59.8 Å². The van der Waals surface area contributed by atoms with Crippen molar-refractivity contribution in [2.45, 2.75) is 23.9 Å². The summed E-state index contributed by atoms with van der Waals surface area (Å²) >= 11 is 0. The SMILES string of the molecule is CN(C)S(=O)(=O)c1ccc(Nc2ncc(C(F)(F)F)c(N3CCc4nc[nH]c4CC3)n2)cc1. The third-order valence-corrected chi connectivity index (χ3v) is 7.15. The summed E-state index contributed by atoms with van der Waals surface area (Å²) in [5, 5.41) is 2.85. The molecule has 4 rings (SSSR count). The van der Waals surface area contributed by atoms with Gasteiger partial charge in [-0.3, -0.25) is 0 Å². The fourth-order valence-corrected chi connectivity index (χ4v) is 4.42. The highest BCUT2D eigenvalue weighted by Gasteiger charge is 2.37. The molecule has 9 nitrogen and oxygen atoms in total. The van der Waals surface area contributed by atoms with Gasteiger partial charge in [0.2, 0.25) is 16.0 Å². The van der Waals surface area contributed by atoms with Crippen LogP contribution in [0.1, 0.15) is 17.0 Å².